The van der Waals surface area contributed by atoms with Gasteiger partial charge >= 0.3 is 0 Å². The number of likely N-dealkylation sites (N-methyl/N-ethyl adjacent to an activating group) is 1. The number of anilines is 1. The molecule has 0 aromatic heterocycles. The van der Waals surface area contributed by atoms with Crippen LogP contribution in [0.5, 0.6) is 0 Å². The Morgan fingerprint density at radius 1 is 0.815 bits per heavy atom. The van der Waals surface area contributed by atoms with E-state index in [2.05, 4.69) is 25.6 Å². The smallest absolute Gasteiger partial charge is 0.261 e. The highest BCUT2D eigenvalue weighted by Crippen LogP contribution is 2.22. The third-order valence-electron chi connectivity index (χ3n) is 4.33. The van der Waals surface area contributed by atoms with E-state index in [1.165, 1.54) is 40.7 Å². The van der Waals surface area contributed by atoms with Crippen LogP contribution in [-0.4, -0.2) is 59.3 Å². The van der Waals surface area contributed by atoms with Crippen molar-refractivity contribution < 1.29 is 16.8 Å². The molecule has 1 heterocycles. The molecule has 1 aliphatic heterocycles. The maximum absolute atomic E-state index is 12.7. The standard InChI is InChI=1S/C17H20BrN3O4S2/c1-20-10-12-21(13-11-20)27(24,25)17-8-4-15(5-9-17)19-26(22,23)16-6-2-14(18)3-7-16/h2-9,19H,10-13H2,1H3. The summed E-state index contributed by atoms with van der Waals surface area (Å²) >= 11 is 3.26. The Bertz CT molecular complexity index is 999. The third-order valence-corrected chi connectivity index (χ3v) is 8.17. The molecular formula is C17H20BrN3O4S2. The molecule has 146 valence electrons. The van der Waals surface area contributed by atoms with Gasteiger partial charge in [-0.25, -0.2) is 16.8 Å². The lowest BCUT2D eigenvalue weighted by Gasteiger charge is -2.31. The molecule has 0 unspecified atom stereocenters. The van der Waals surface area contributed by atoms with Crippen LogP contribution >= 0.6 is 15.9 Å². The van der Waals surface area contributed by atoms with Crippen LogP contribution in [-0.2, 0) is 20.0 Å². The zero-order chi connectivity index (χ0) is 19.7. The number of rotatable bonds is 5. The zero-order valence-corrected chi connectivity index (χ0v) is 17.9. The van der Waals surface area contributed by atoms with E-state index in [4.69, 9.17) is 0 Å². The number of hydrogen-bond donors (Lipinski definition) is 1. The van der Waals surface area contributed by atoms with Gasteiger partial charge in [-0.1, -0.05) is 15.9 Å². The lowest BCUT2D eigenvalue weighted by Crippen LogP contribution is -2.46. The molecule has 2 aromatic rings. The van der Waals surface area contributed by atoms with Gasteiger partial charge in [-0.2, -0.15) is 4.31 Å². The van der Waals surface area contributed by atoms with Gasteiger partial charge in [0, 0.05) is 36.3 Å². The molecule has 2 aromatic carbocycles. The van der Waals surface area contributed by atoms with Crippen LogP contribution in [0.15, 0.2) is 62.8 Å². The van der Waals surface area contributed by atoms with Crippen molar-refractivity contribution >= 4 is 41.7 Å². The van der Waals surface area contributed by atoms with Crippen LogP contribution in [0.1, 0.15) is 0 Å². The molecular weight excluding hydrogens is 454 g/mol. The second-order valence-electron chi connectivity index (χ2n) is 6.29. The van der Waals surface area contributed by atoms with Gasteiger partial charge in [0.2, 0.25) is 10.0 Å². The van der Waals surface area contributed by atoms with E-state index >= 15 is 0 Å². The maximum Gasteiger partial charge on any atom is 0.261 e. The van der Waals surface area contributed by atoms with Crippen molar-refractivity contribution in [2.45, 2.75) is 9.79 Å². The van der Waals surface area contributed by atoms with E-state index in [1.807, 2.05) is 7.05 Å². The average molecular weight is 474 g/mol. The van der Waals surface area contributed by atoms with E-state index in [0.717, 1.165) is 4.47 Å². The molecule has 0 bridgehead atoms. The van der Waals surface area contributed by atoms with Crippen LogP contribution in [0, 0.1) is 0 Å². The zero-order valence-electron chi connectivity index (χ0n) is 14.7. The molecule has 0 atom stereocenters. The van der Waals surface area contributed by atoms with Gasteiger partial charge in [-0.05, 0) is 55.6 Å². The quantitative estimate of drug-likeness (QED) is 0.718. The monoisotopic (exact) mass is 473 g/mol. The van der Waals surface area contributed by atoms with Crippen LogP contribution in [0.3, 0.4) is 0 Å². The Hall–Kier alpha value is -1.46. The number of nitrogens with one attached hydrogen (secondary N) is 1. The molecule has 0 amide bonds. The van der Waals surface area contributed by atoms with Gasteiger partial charge in [0.15, 0.2) is 0 Å². The maximum atomic E-state index is 12.7. The number of hydrogen-bond acceptors (Lipinski definition) is 5. The topological polar surface area (TPSA) is 86.8 Å². The molecule has 3 rings (SSSR count). The van der Waals surface area contributed by atoms with Gasteiger partial charge in [0.1, 0.15) is 0 Å². The highest BCUT2D eigenvalue weighted by molar-refractivity contribution is 9.10. The summed E-state index contributed by atoms with van der Waals surface area (Å²) in [6.07, 6.45) is 0. The van der Waals surface area contributed by atoms with E-state index in [-0.39, 0.29) is 9.79 Å². The molecule has 1 N–H and O–H groups in total. The van der Waals surface area contributed by atoms with Gasteiger partial charge in [-0.3, -0.25) is 4.72 Å². The highest BCUT2D eigenvalue weighted by atomic mass is 79.9. The van der Waals surface area contributed by atoms with Crippen molar-refractivity contribution in [1.82, 2.24) is 9.21 Å². The summed E-state index contributed by atoms with van der Waals surface area (Å²) in [5.74, 6) is 0. The molecule has 27 heavy (non-hydrogen) atoms. The minimum atomic E-state index is -3.74. The first-order valence-corrected chi connectivity index (χ1v) is 12.0. The Morgan fingerprint density at radius 3 is 1.89 bits per heavy atom. The summed E-state index contributed by atoms with van der Waals surface area (Å²) in [6.45, 7) is 2.25. The lowest BCUT2D eigenvalue weighted by atomic mass is 10.3. The second kappa shape index (κ2) is 7.88. The fourth-order valence-corrected chi connectivity index (χ4v) is 5.45. The number of halogens is 1. The number of sulfonamides is 2. The van der Waals surface area contributed by atoms with Crippen molar-refractivity contribution in [1.29, 1.82) is 0 Å². The normalized spacial score (nSPS) is 17.0. The van der Waals surface area contributed by atoms with Crippen molar-refractivity contribution in [2.75, 3.05) is 37.9 Å². The van der Waals surface area contributed by atoms with Crippen molar-refractivity contribution in [3.63, 3.8) is 0 Å². The fourth-order valence-electron chi connectivity index (χ4n) is 2.70. The van der Waals surface area contributed by atoms with Crippen molar-refractivity contribution in [3.8, 4) is 0 Å². The number of nitrogens with zero attached hydrogens (tertiary/aromatic N) is 2. The SMILES string of the molecule is CN1CCN(S(=O)(=O)c2ccc(NS(=O)(=O)c3ccc(Br)cc3)cc2)CC1. The molecule has 0 aliphatic carbocycles. The average Bonchev–Trinajstić information content (AvgIpc) is 2.62. The van der Waals surface area contributed by atoms with E-state index < -0.39 is 20.0 Å². The Balaban J connectivity index is 1.76. The number of benzene rings is 2. The molecule has 10 heteroatoms. The molecule has 1 aliphatic rings. The number of piperazine rings is 1. The predicted octanol–water partition coefficient (Wildman–Crippen LogP) is 2.19. The first-order chi connectivity index (χ1) is 12.7. The summed E-state index contributed by atoms with van der Waals surface area (Å²) in [7, 11) is -5.37. The predicted molar refractivity (Wildman–Crippen MR) is 108 cm³/mol. The van der Waals surface area contributed by atoms with Crippen molar-refractivity contribution in [2.24, 2.45) is 0 Å². The second-order valence-corrected chi connectivity index (χ2v) is 10.8. The van der Waals surface area contributed by atoms with Gasteiger partial charge in [0.05, 0.1) is 9.79 Å². The summed E-state index contributed by atoms with van der Waals surface area (Å²) in [4.78, 5) is 2.35. The van der Waals surface area contributed by atoms with Crippen LogP contribution < -0.4 is 4.72 Å². The van der Waals surface area contributed by atoms with E-state index in [0.29, 0.717) is 31.9 Å². The van der Waals surface area contributed by atoms with Gasteiger partial charge < -0.3 is 4.90 Å². The minimum Gasteiger partial charge on any atom is -0.304 e. The Labute approximate surface area is 168 Å². The Kier molecular flexibility index (Phi) is 5.92. The van der Waals surface area contributed by atoms with E-state index in [9.17, 15) is 16.8 Å². The Morgan fingerprint density at radius 2 is 1.33 bits per heavy atom. The minimum absolute atomic E-state index is 0.125. The first kappa shape index (κ1) is 20.3. The van der Waals surface area contributed by atoms with Crippen LogP contribution in [0.25, 0.3) is 0 Å². The highest BCUT2D eigenvalue weighted by Gasteiger charge is 2.27. The molecule has 0 saturated carbocycles. The van der Waals surface area contributed by atoms with Crippen LogP contribution in [0.4, 0.5) is 5.69 Å². The first-order valence-electron chi connectivity index (χ1n) is 8.26. The summed E-state index contributed by atoms with van der Waals surface area (Å²) in [5.41, 5.74) is 0.301. The molecule has 1 saturated heterocycles. The third kappa shape index (κ3) is 4.69. The van der Waals surface area contributed by atoms with Gasteiger partial charge in [-0.15, -0.1) is 0 Å². The van der Waals surface area contributed by atoms with Crippen LogP contribution in [0.2, 0.25) is 0 Å². The summed E-state index contributed by atoms with van der Waals surface area (Å²) < 4.78 is 54.9. The van der Waals surface area contributed by atoms with E-state index in [1.54, 1.807) is 12.1 Å². The molecule has 0 radical (unpaired) electrons. The van der Waals surface area contributed by atoms with Crippen molar-refractivity contribution in [3.05, 3.63) is 53.0 Å². The molecule has 1 fully saturated rings. The fraction of sp³-hybridized carbons (Fsp3) is 0.294. The van der Waals surface area contributed by atoms with Gasteiger partial charge in [0.25, 0.3) is 10.0 Å². The lowest BCUT2D eigenvalue weighted by molar-refractivity contribution is 0.222. The molecule has 0 spiro atoms. The summed E-state index contributed by atoms with van der Waals surface area (Å²) in [6, 6.07) is 12.0. The molecule has 7 nitrogen and oxygen atoms in total. The largest absolute Gasteiger partial charge is 0.304 e. The summed E-state index contributed by atoms with van der Waals surface area (Å²) in [5, 5.41) is 0.